The van der Waals surface area contributed by atoms with Crippen LogP contribution in [0.2, 0.25) is 0 Å². The summed E-state index contributed by atoms with van der Waals surface area (Å²) in [5.74, 6) is 2.67. The molecule has 0 spiro atoms. The zero-order chi connectivity index (χ0) is 12.3. The van der Waals surface area contributed by atoms with Crippen LogP contribution in [0, 0.1) is 17.8 Å². The topological polar surface area (TPSA) is 21.3 Å². The predicted octanol–water partition coefficient (Wildman–Crippen LogP) is 3.22. The molecule has 0 aliphatic heterocycles. The zero-order valence-corrected chi connectivity index (χ0v) is 11.7. The maximum absolute atomic E-state index is 5.77. The average Bonchev–Trinajstić information content (AvgIpc) is 3.20. The van der Waals surface area contributed by atoms with Gasteiger partial charge in [-0.15, -0.1) is 0 Å². The Labute approximate surface area is 107 Å². The van der Waals surface area contributed by atoms with Crippen molar-refractivity contribution < 1.29 is 4.74 Å². The number of methoxy groups -OCH3 is 1. The van der Waals surface area contributed by atoms with E-state index in [9.17, 15) is 0 Å². The Kier molecular flexibility index (Phi) is 4.87. The predicted molar refractivity (Wildman–Crippen MR) is 72.1 cm³/mol. The van der Waals surface area contributed by atoms with Gasteiger partial charge in [0.2, 0.25) is 0 Å². The van der Waals surface area contributed by atoms with Crippen LogP contribution in [0.1, 0.15) is 51.9 Å². The van der Waals surface area contributed by atoms with Gasteiger partial charge in [-0.2, -0.15) is 0 Å². The second kappa shape index (κ2) is 6.19. The molecule has 2 aliphatic carbocycles. The molecule has 2 saturated carbocycles. The first-order valence-electron chi connectivity index (χ1n) is 7.50. The van der Waals surface area contributed by atoms with Crippen LogP contribution in [0.5, 0.6) is 0 Å². The molecule has 2 heteroatoms. The molecule has 2 nitrogen and oxygen atoms in total. The lowest BCUT2D eigenvalue weighted by atomic mass is 9.76. The van der Waals surface area contributed by atoms with Crippen LogP contribution in [-0.2, 0) is 4.74 Å². The van der Waals surface area contributed by atoms with Gasteiger partial charge in [0.15, 0.2) is 0 Å². The highest BCUT2D eigenvalue weighted by atomic mass is 16.5. The molecule has 17 heavy (non-hydrogen) atoms. The fraction of sp³-hybridized carbons (Fsp3) is 1.00. The van der Waals surface area contributed by atoms with Crippen molar-refractivity contribution in [2.45, 2.75) is 64.0 Å². The lowest BCUT2D eigenvalue weighted by molar-refractivity contribution is 0.0234. The summed E-state index contributed by atoms with van der Waals surface area (Å²) in [5, 5.41) is 3.55. The molecule has 0 bridgehead atoms. The van der Waals surface area contributed by atoms with E-state index in [1.807, 2.05) is 7.11 Å². The van der Waals surface area contributed by atoms with Gasteiger partial charge in [0.25, 0.3) is 0 Å². The molecule has 0 amide bonds. The summed E-state index contributed by atoms with van der Waals surface area (Å²) in [7, 11) is 4.01. The van der Waals surface area contributed by atoms with Crippen molar-refractivity contribution in [1.82, 2.24) is 5.32 Å². The second-order valence-electron chi connectivity index (χ2n) is 6.04. The van der Waals surface area contributed by atoms with Crippen LogP contribution in [0.3, 0.4) is 0 Å². The van der Waals surface area contributed by atoms with E-state index in [1.54, 1.807) is 0 Å². The molecule has 0 heterocycles. The van der Waals surface area contributed by atoms with Crippen molar-refractivity contribution in [2.24, 2.45) is 17.8 Å². The van der Waals surface area contributed by atoms with E-state index in [1.165, 1.54) is 44.9 Å². The van der Waals surface area contributed by atoms with E-state index < -0.39 is 0 Å². The standard InChI is InChI=1S/C15H29NO/c1-4-11-5-7-12(8-6-11)14(16-2)15(17-3)13-9-10-13/h11-16H,4-10H2,1-3H3. The van der Waals surface area contributed by atoms with Crippen LogP contribution in [-0.4, -0.2) is 26.3 Å². The summed E-state index contributed by atoms with van der Waals surface area (Å²) in [6.07, 6.45) is 10.2. The van der Waals surface area contributed by atoms with Gasteiger partial charge in [0.05, 0.1) is 6.10 Å². The van der Waals surface area contributed by atoms with Gasteiger partial charge >= 0.3 is 0 Å². The largest absolute Gasteiger partial charge is 0.380 e. The highest BCUT2D eigenvalue weighted by Gasteiger charge is 2.40. The fourth-order valence-corrected chi connectivity index (χ4v) is 3.68. The minimum Gasteiger partial charge on any atom is -0.380 e. The molecule has 0 aromatic rings. The lowest BCUT2D eigenvalue weighted by Crippen LogP contribution is -2.46. The first kappa shape index (κ1) is 13.4. The molecule has 0 radical (unpaired) electrons. The SMILES string of the molecule is CCC1CCC(C(NC)C(OC)C2CC2)CC1. The number of ether oxygens (including phenoxy) is 1. The van der Waals surface area contributed by atoms with Crippen molar-refractivity contribution in [3.8, 4) is 0 Å². The molecule has 1 N–H and O–H groups in total. The number of likely N-dealkylation sites (N-methyl/N-ethyl adjacent to an activating group) is 1. The van der Waals surface area contributed by atoms with Crippen molar-refractivity contribution in [2.75, 3.05) is 14.2 Å². The summed E-state index contributed by atoms with van der Waals surface area (Å²) in [6.45, 7) is 2.34. The number of nitrogens with one attached hydrogen (secondary N) is 1. The minimum atomic E-state index is 0.461. The van der Waals surface area contributed by atoms with Crippen molar-refractivity contribution in [3.05, 3.63) is 0 Å². The molecule has 0 aromatic heterocycles. The normalized spacial score (nSPS) is 33.4. The molecule has 2 fully saturated rings. The summed E-state index contributed by atoms with van der Waals surface area (Å²) < 4.78 is 5.77. The number of hydrogen-bond donors (Lipinski definition) is 1. The van der Waals surface area contributed by atoms with E-state index in [4.69, 9.17) is 4.74 Å². The van der Waals surface area contributed by atoms with E-state index in [0.717, 1.165) is 17.8 Å². The van der Waals surface area contributed by atoms with Gasteiger partial charge < -0.3 is 10.1 Å². The van der Waals surface area contributed by atoms with E-state index >= 15 is 0 Å². The molecule has 2 rings (SSSR count). The van der Waals surface area contributed by atoms with Crippen LogP contribution >= 0.6 is 0 Å². The van der Waals surface area contributed by atoms with Crippen molar-refractivity contribution >= 4 is 0 Å². The minimum absolute atomic E-state index is 0.461. The molecule has 2 aliphatic rings. The molecule has 2 unspecified atom stereocenters. The Bertz CT molecular complexity index is 219. The zero-order valence-electron chi connectivity index (χ0n) is 11.7. The highest BCUT2D eigenvalue weighted by Crippen LogP contribution is 2.40. The first-order valence-corrected chi connectivity index (χ1v) is 7.50. The third-order valence-electron chi connectivity index (χ3n) is 5.02. The van der Waals surface area contributed by atoms with Crippen LogP contribution in [0.25, 0.3) is 0 Å². The number of hydrogen-bond acceptors (Lipinski definition) is 2. The van der Waals surface area contributed by atoms with Gasteiger partial charge in [0.1, 0.15) is 0 Å². The van der Waals surface area contributed by atoms with Crippen LogP contribution < -0.4 is 5.32 Å². The van der Waals surface area contributed by atoms with E-state index in [-0.39, 0.29) is 0 Å². The average molecular weight is 239 g/mol. The highest BCUT2D eigenvalue weighted by molar-refractivity contribution is 4.94. The Morgan fingerprint density at radius 2 is 1.65 bits per heavy atom. The van der Waals surface area contributed by atoms with Crippen molar-refractivity contribution in [1.29, 1.82) is 0 Å². The summed E-state index contributed by atoms with van der Waals surface area (Å²) in [5.41, 5.74) is 0. The lowest BCUT2D eigenvalue weighted by Gasteiger charge is -2.37. The van der Waals surface area contributed by atoms with Gasteiger partial charge in [-0.05, 0) is 50.5 Å². The molecule has 0 aromatic carbocycles. The molecule has 2 atom stereocenters. The Morgan fingerprint density at radius 1 is 1.06 bits per heavy atom. The smallest absolute Gasteiger partial charge is 0.0754 e. The summed E-state index contributed by atoms with van der Waals surface area (Å²) >= 11 is 0. The van der Waals surface area contributed by atoms with Gasteiger partial charge in [-0.1, -0.05) is 26.2 Å². The van der Waals surface area contributed by atoms with Gasteiger partial charge in [0, 0.05) is 13.2 Å². The number of rotatable bonds is 6. The maximum Gasteiger partial charge on any atom is 0.0754 e. The third-order valence-corrected chi connectivity index (χ3v) is 5.02. The van der Waals surface area contributed by atoms with E-state index in [0.29, 0.717) is 12.1 Å². The Balaban J connectivity index is 1.89. The Hall–Kier alpha value is -0.0800. The van der Waals surface area contributed by atoms with Crippen LogP contribution in [0.4, 0.5) is 0 Å². The maximum atomic E-state index is 5.77. The summed E-state index contributed by atoms with van der Waals surface area (Å²) in [4.78, 5) is 0. The van der Waals surface area contributed by atoms with E-state index in [2.05, 4.69) is 19.3 Å². The fourth-order valence-electron chi connectivity index (χ4n) is 3.68. The van der Waals surface area contributed by atoms with Crippen LogP contribution in [0.15, 0.2) is 0 Å². The quantitative estimate of drug-likeness (QED) is 0.768. The van der Waals surface area contributed by atoms with Crippen molar-refractivity contribution in [3.63, 3.8) is 0 Å². The monoisotopic (exact) mass is 239 g/mol. The summed E-state index contributed by atoms with van der Waals surface area (Å²) in [6, 6.07) is 0.588. The van der Waals surface area contributed by atoms with Gasteiger partial charge in [-0.3, -0.25) is 0 Å². The molecular formula is C15H29NO. The second-order valence-corrected chi connectivity index (χ2v) is 6.04. The molecular weight excluding hydrogens is 210 g/mol. The molecule has 100 valence electrons. The van der Waals surface area contributed by atoms with Gasteiger partial charge in [-0.25, -0.2) is 0 Å². The third kappa shape index (κ3) is 3.23. The Morgan fingerprint density at radius 3 is 2.06 bits per heavy atom. The first-order chi connectivity index (χ1) is 8.30. The molecule has 0 saturated heterocycles.